The molecule has 3 rings (SSSR count). The summed E-state index contributed by atoms with van der Waals surface area (Å²) in [6.45, 7) is 5.50. The first kappa shape index (κ1) is 27.8. The molecule has 0 spiro atoms. The molecule has 9 nitrogen and oxygen atoms in total. The zero-order valence-corrected chi connectivity index (χ0v) is 21.9. The van der Waals surface area contributed by atoms with Crippen molar-refractivity contribution in [3.05, 3.63) is 64.0 Å². The van der Waals surface area contributed by atoms with Gasteiger partial charge >= 0.3 is 5.97 Å². The highest BCUT2D eigenvalue weighted by Crippen LogP contribution is 2.20. The number of aromatic hydroxyl groups is 1. The SMILES string of the molecule is CC(C)(C)OC(=O)CC[C@H](NC(=O)c1cc(=O)c2cccc(O)c2[nH]1)C(=O)NCCC1=CC=CCC1=S. The molecule has 0 unspecified atom stereocenters. The summed E-state index contributed by atoms with van der Waals surface area (Å²) < 4.78 is 5.32. The van der Waals surface area contributed by atoms with Crippen LogP contribution in [0.15, 0.2) is 52.9 Å². The van der Waals surface area contributed by atoms with Crippen LogP contribution in [0.1, 0.15) is 56.9 Å². The number of pyridine rings is 1. The minimum absolute atomic E-state index is 0.0145. The van der Waals surface area contributed by atoms with Gasteiger partial charge in [0.2, 0.25) is 5.91 Å². The van der Waals surface area contributed by atoms with Crippen LogP contribution in [0.2, 0.25) is 0 Å². The number of aromatic nitrogens is 1. The smallest absolute Gasteiger partial charge is 0.306 e. The maximum Gasteiger partial charge on any atom is 0.306 e. The first-order chi connectivity index (χ1) is 17.4. The van der Waals surface area contributed by atoms with Crippen LogP contribution >= 0.6 is 12.2 Å². The van der Waals surface area contributed by atoms with Crippen molar-refractivity contribution in [1.29, 1.82) is 0 Å². The Bertz CT molecular complexity index is 1340. The number of carbonyl (C=O) groups is 3. The van der Waals surface area contributed by atoms with E-state index in [0.717, 1.165) is 16.5 Å². The molecule has 1 aliphatic carbocycles. The summed E-state index contributed by atoms with van der Waals surface area (Å²) in [5.74, 6) is -1.91. The van der Waals surface area contributed by atoms with Crippen molar-refractivity contribution in [3.8, 4) is 5.75 Å². The second-order valence-electron chi connectivity index (χ2n) is 9.69. The lowest BCUT2D eigenvalue weighted by Crippen LogP contribution is -2.47. The average Bonchev–Trinajstić information content (AvgIpc) is 2.82. The van der Waals surface area contributed by atoms with Gasteiger partial charge in [-0.15, -0.1) is 0 Å². The van der Waals surface area contributed by atoms with E-state index < -0.39 is 34.9 Å². The Morgan fingerprint density at radius 2 is 2.00 bits per heavy atom. The molecule has 1 aromatic carbocycles. The van der Waals surface area contributed by atoms with E-state index in [1.165, 1.54) is 18.2 Å². The van der Waals surface area contributed by atoms with E-state index in [9.17, 15) is 24.3 Å². The molecule has 196 valence electrons. The number of fused-ring (bicyclic) bond motifs is 1. The molecule has 1 heterocycles. The van der Waals surface area contributed by atoms with Crippen molar-refractivity contribution in [2.24, 2.45) is 0 Å². The van der Waals surface area contributed by atoms with E-state index in [1.807, 2.05) is 18.2 Å². The third-order valence-corrected chi connectivity index (χ3v) is 5.98. The molecular formula is C27H31N3O6S. The Balaban J connectivity index is 1.74. The highest BCUT2D eigenvalue weighted by Gasteiger charge is 2.25. The van der Waals surface area contributed by atoms with Gasteiger partial charge in [0, 0.05) is 35.7 Å². The number of amides is 2. The molecule has 37 heavy (non-hydrogen) atoms. The molecule has 0 saturated carbocycles. The van der Waals surface area contributed by atoms with E-state index in [0.29, 0.717) is 12.8 Å². The molecule has 1 atom stereocenters. The Hall–Kier alpha value is -3.79. The molecule has 0 radical (unpaired) electrons. The van der Waals surface area contributed by atoms with Gasteiger partial charge < -0.3 is 25.5 Å². The van der Waals surface area contributed by atoms with Crippen LogP contribution in [-0.2, 0) is 14.3 Å². The minimum atomic E-state index is -1.07. The molecule has 2 aromatic rings. The van der Waals surface area contributed by atoms with Crippen LogP contribution < -0.4 is 16.1 Å². The molecule has 0 bridgehead atoms. The van der Waals surface area contributed by atoms with E-state index in [1.54, 1.807) is 20.8 Å². The fourth-order valence-corrected chi connectivity index (χ4v) is 4.05. The maximum atomic E-state index is 13.0. The van der Waals surface area contributed by atoms with E-state index in [-0.39, 0.29) is 41.7 Å². The van der Waals surface area contributed by atoms with E-state index >= 15 is 0 Å². The quantitative estimate of drug-likeness (QED) is 0.291. The van der Waals surface area contributed by atoms with Crippen LogP contribution in [0.5, 0.6) is 5.75 Å². The van der Waals surface area contributed by atoms with Crippen molar-refractivity contribution in [3.63, 3.8) is 0 Å². The maximum absolute atomic E-state index is 13.0. The van der Waals surface area contributed by atoms with Crippen molar-refractivity contribution in [2.75, 3.05) is 6.54 Å². The topological polar surface area (TPSA) is 138 Å². The van der Waals surface area contributed by atoms with Crippen molar-refractivity contribution in [1.82, 2.24) is 15.6 Å². The van der Waals surface area contributed by atoms with Gasteiger partial charge in [0.15, 0.2) is 5.43 Å². The summed E-state index contributed by atoms with van der Waals surface area (Å²) >= 11 is 5.35. The average molecular weight is 526 g/mol. The summed E-state index contributed by atoms with van der Waals surface area (Å²) in [4.78, 5) is 54.3. The monoisotopic (exact) mass is 525 g/mol. The van der Waals surface area contributed by atoms with Gasteiger partial charge in [-0.05, 0) is 51.3 Å². The number of esters is 1. The first-order valence-corrected chi connectivity index (χ1v) is 12.4. The number of H-pyrrole nitrogens is 1. The number of para-hydroxylation sites is 1. The second kappa shape index (κ2) is 12.0. The number of hydrogen-bond donors (Lipinski definition) is 4. The number of allylic oxidation sites excluding steroid dienone is 3. The summed E-state index contributed by atoms with van der Waals surface area (Å²) in [6, 6.07) is 4.46. The number of ether oxygens (including phenoxy) is 1. The Labute approximate surface area is 220 Å². The van der Waals surface area contributed by atoms with Crippen molar-refractivity contribution >= 4 is 45.8 Å². The predicted octanol–water partition coefficient (Wildman–Crippen LogP) is 3.22. The number of nitrogens with one attached hydrogen (secondary N) is 3. The van der Waals surface area contributed by atoms with Gasteiger partial charge in [0.25, 0.3) is 5.91 Å². The summed E-state index contributed by atoms with van der Waals surface area (Å²) in [7, 11) is 0. The number of rotatable bonds is 9. The highest BCUT2D eigenvalue weighted by atomic mass is 32.1. The Morgan fingerprint density at radius 3 is 2.70 bits per heavy atom. The van der Waals surface area contributed by atoms with E-state index in [2.05, 4.69) is 15.6 Å². The Kier molecular flexibility index (Phi) is 8.99. The van der Waals surface area contributed by atoms with Crippen LogP contribution in [0.3, 0.4) is 0 Å². The molecular weight excluding hydrogens is 494 g/mol. The third kappa shape index (κ3) is 7.85. The van der Waals surface area contributed by atoms with Crippen LogP contribution in [0, 0.1) is 0 Å². The molecule has 1 aromatic heterocycles. The van der Waals surface area contributed by atoms with Crippen molar-refractivity contribution in [2.45, 2.75) is 58.1 Å². The van der Waals surface area contributed by atoms with Crippen LogP contribution in [-0.4, -0.2) is 50.9 Å². The number of phenols is 1. The number of thiocarbonyl (C=S) groups is 1. The first-order valence-electron chi connectivity index (χ1n) is 12.0. The van der Waals surface area contributed by atoms with Crippen molar-refractivity contribution < 1.29 is 24.2 Å². The third-order valence-electron chi connectivity index (χ3n) is 5.56. The number of phenolic OH excluding ortho intramolecular Hbond substituents is 1. The molecule has 4 N–H and O–H groups in total. The minimum Gasteiger partial charge on any atom is -0.506 e. The molecule has 0 saturated heterocycles. The lowest BCUT2D eigenvalue weighted by atomic mass is 10.0. The van der Waals surface area contributed by atoms with E-state index in [4.69, 9.17) is 17.0 Å². The van der Waals surface area contributed by atoms with Gasteiger partial charge in [0.1, 0.15) is 23.1 Å². The zero-order valence-electron chi connectivity index (χ0n) is 21.1. The predicted molar refractivity (Wildman–Crippen MR) is 145 cm³/mol. The second-order valence-corrected chi connectivity index (χ2v) is 10.2. The molecule has 0 fully saturated rings. The van der Waals surface area contributed by atoms with Gasteiger partial charge in [0.05, 0.1) is 5.52 Å². The molecule has 0 aliphatic heterocycles. The van der Waals surface area contributed by atoms with Gasteiger partial charge in [-0.1, -0.05) is 36.5 Å². The van der Waals surface area contributed by atoms with Crippen LogP contribution in [0.4, 0.5) is 0 Å². The molecule has 2 amide bonds. The number of carbonyl (C=O) groups excluding carboxylic acids is 3. The molecule has 1 aliphatic rings. The summed E-state index contributed by atoms with van der Waals surface area (Å²) in [6.07, 6.45) is 6.87. The molecule has 10 heteroatoms. The normalized spacial score (nSPS) is 14.1. The zero-order chi connectivity index (χ0) is 27.2. The van der Waals surface area contributed by atoms with Crippen LogP contribution in [0.25, 0.3) is 10.9 Å². The lowest BCUT2D eigenvalue weighted by molar-refractivity contribution is -0.155. The number of benzene rings is 1. The fourth-order valence-electron chi connectivity index (χ4n) is 3.79. The largest absolute Gasteiger partial charge is 0.506 e. The van der Waals surface area contributed by atoms with Gasteiger partial charge in [-0.25, -0.2) is 0 Å². The highest BCUT2D eigenvalue weighted by molar-refractivity contribution is 7.80. The summed E-state index contributed by atoms with van der Waals surface area (Å²) in [5.41, 5.74) is -0.208. The Morgan fingerprint density at radius 1 is 1.24 bits per heavy atom. The summed E-state index contributed by atoms with van der Waals surface area (Å²) in [5, 5.41) is 15.7. The lowest BCUT2D eigenvalue weighted by Gasteiger charge is -2.22. The number of hydrogen-bond acceptors (Lipinski definition) is 7. The van der Waals surface area contributed by atoms with Gasteiger partial charge in [-0.2, -0.15) is 0 Å². The standard InChI is InChI=1S/C27H31N3O6S/c1-27(2,3)36-23(33)12-11-18(25(34)28-14-13-16-7-4-5-10-22(16)37)30-26(35)19-15-21(32)17-8-6-9-20(31)24(17)29-19/h4-9,15,18,31H,10-14H2,1-3H3,(H,28,34)(H,29,32)(H,30,35)/t18-/m0/s1. The number of aromatic amines is 1. The van der Waals surface area contributed by atoms with Gasteiger partial charge in [-0.3, -0.25) is 19.2 Å². The fraction of sp³-hybridized carbons (Fsp3) is 0.370.